The summed E-state index contributed by atoms with van der Waals surface area (Å²) >= 11 is 0. The molecule has 0 spiro atoms. The molecule has 0 amide bonds. The van der Waals surface area contributed by atoms with Crippen molar-refractivity contribution in [3.63, 3.8) is 0 Å². The summed E-state index contributed by atoms with van der Waals surface area (Å²) in [5.41, 5.74) is 4.94. The zero-order chi connectivity index (χ0) is 14.5. The number of aliphatic hydroxyl groups is 1. The molecule has 3 rings (SSSR count). The molecule has 4 atom stereocenters. The summed E-state index contributed by atoms with van der Waals surface area (Å²) in [6.45, 7) is 3.34. The van der Waals surface area contributed by atoms with Crippen molar-refractivity contribution >= 4 is 5.82 Å². The first-order valence-corrected chi connectivity index (χ1v) is 6.38. The van der Waals surface area contributed by atoms with E-state index < -0.39 is 36.0 Å². The van der Waals surface area contributed by atoms with Crippen molar-refractivity contribution in [2.75, 3.05) is 12.3 Å². The van der Waals surface area contributed by atoms with Crippen LogP contribution in [0.4, 0.5) is 5.82 Å². The highest BCUT2D eigenvalue weighted by Gasteiger charge is 2.55. The first kappa shape index (κ1) is 13.5. The summed E-state index contributed by atoms with van der Waals surface area (Å²) in [5.74, 6) is -0.640. The van der Waals surface area contributed by atoms with Crippen LogP contribution in [0.2, 0.25) is 0 Å². The van der Waals surface area contributed by atoms with Gasteiger partial charge in [0.2, 0.25) is 0 Å². The Kier molecular flexibility index (Phi) is 3.05. The Morgan fingerprint density at radius 1 is 1.45 bits per heavy atom. The van der Waals surface area contributed by atoms with Crippen LogP contribution < -0.4 is 11.4 Å². The van der Waals surface area contributed by atoms with Gasteiger partial charge in [0, 0.05) is 6.20 Å². The average Bonchev–Trinajstić information content (AvgIpc) is 2.83. The monoisotopic (exact) mass is 283 g/mol. The number of aliphatic hydroxyl groups excluding tert-OH is 1. The van der Waals surface area contributed by atoms with Crippen LogP contribution in [-0.4, -0.2) is 45.4 Å². The molecule has 1 aromatic rings. The van der Waals surface area contributed by atoms with E-state index >= 15 is 0 Å². The fourth-order valence-electron chi connectivity index (χ4n) is 2.65. The predicted octanol–water partition coefficient (Wildman–Crippen LogP) is -0.765. The second-order valence-electron chi connectivity index (χ2n) is 5.35. The van der Waals surface area contributed by atoms with E-state index in [-0.39, 0.29) is 12.4 Å². The maximum Gasteiger partial charge on any atom is 0.351 e. The lowest BCUT2D eigenvalue weighted by atomic mass is 10.1. The predicted molar refractivity (Wildman–Crippen MR) is 67.7 cm³/mol. The molecule has 20 heavy (non-hydrogen) atoms. The Morgan fingerprint density at radius 3 is 2.80 bits per heavy atom. The Labute approximate surface area is 115 Å². The molecule has 3 N–H and O–H groups in total. The molecule has 2 aliphatic heterocycles. The molecule has 8 nitrogen and oxygen atoms in total. The fourth-order valence-corrected chi connectivity index (χ4v) is 2.65. The Morgan fingerprint density at radius 2 is 2.15 bits per heavy atom. The number of nitrogens with two attached hydrogens (primary N) is 1. The third-order valence-electron chi connectivity index (χ3n) is 3.43. The van der Waals surface area contributed by atoms with E-state index in [1.54, 1.807) is 13.8 Å². The minimum atomic E-state index is -0.782. The standard InChI is InChI=1S/C12H17N3O5/c1-12(2)19-8-6(5-16)18-10(9(8)20-12)15-4-3-7(13)14-11(15)17/h3-4,6,8-10,16H,5H2,1-2H3,(H2,13,14,17)/t6-,8?,9+,10-/m1/s1. The van der Waals surface area contributed by atoms with Gasteiger partial charge in [0.1, 0.15) is 24.1 Å². The maximum atomic E-state index is 11.9. The number of rotatable bonds is 2. The van der Waals surface area contributed by atoms with Crippen molar-refractivity contribution < 1.29 is 19.3 Å². The van der Waals surface area contributed by atoms with Crippen LogP contribution >= 0.6 is 0 Å². The van der Waals surface area contributed by atoms with Crippen LogP contribution in [0, 0.1) is 0 Å². The van der Waals surface area contributed by atoms with E-state index in [0.717, 1.165) is 0 Å². The second-order valence-corrected chi connectivity index (χ2v) is 5.35. The molecule has 8 heteroatoms. The van der Waals surface area contributed by atoms with Crippen molar-refractivity contribution in [1.82, 2.24) is 9.55 Å². The Balaban J connectivity index is 1.96. The molecule has 3 heterocycles. The molecular weight excluding hydrogens is 266 g/mol. The molecule has 1 aromatic heterocycles. The minimum absolute atomic E-state index is 0.142. The zero-order valence-corrected chi connectivity index (χ0v) is 11.2. The van der Waals surface area contributed by atoms with Gasteiger partial charge in [-0.25, -0.2) is 4.79 Å². The highest BCUT2D eigenvalue weighted by atomic mass is 16.8. The first-order chi connectivity index (χ1) is 9.41. The largest absolute Gasteiger partial charge is 0.394 e. The van der Waals surface area contributed by atoms with Gasteiger partial charge < -0.3 is 25.1 Å². The number of anilines is 1. The molecule has 0 saturated carbocycles. The quantitative estimate of drug-likeness (QED) is 0.734. The summed E-state index contributed by atoms with van der Waals surface area (Å²) in [7, 11) is 0. The second kappa shape index (κ2) is 4.52. The third kappa shape index (κ3) is 2.10. The number of fused-ring (bicyclic) bond motifs is 1. The lowest BCUT2D eigenvalue weighted by molar-refractivity contribution is -0.200. The number of aromatic nitrogens is 2. The highest BCUT2D eigenvalue weighted by Crippen LogP contribution is 2.42. The summed E-state index contributed by atoms with van der Waals surface area (Å²) in [4.78, 5) is 15.6. The van der Waals surface area contributed by atoms with Crippen LogP contribution in [0.3, 0.4) is 0 Å². The topological polar surface area (TPSA) is 109 Å². The van der Waals surface area contributed by atoms with Crippen molar-refractivity contribution in [1.29, 1.82) is 0 Å². The smallest absolute Gasteiger partial charge is 0.351 e. The van der Waals surface area contributed by atoms with Crippen LogP contribution in [0.15, 0.2) is 17.1 Å². The van der Waals surface area contributed by atoms with E-state index in [2.05, 4.69) is 4.98 Å². The van der Waals surface area contributed by atoms with Crippen LogP contribution in [0.5, 0.6) is 0 Å². The van der Waals surface area contributed by atoms with Crippen LogP contribution in [0.25, 0.3) is 0 Å². The molecule has 1 unspecified atom stereocenters. The van der Waals surface area contributed by atoms with Gasteiger partial charge in [-0.2, -0.15) is 4.98 Å². The first-order valence-electron chi connectivity index (χ1n) is 6.38. The minimum Gasteiger partial charge on any atom is -0.394 e. The molecule has 0 aliphatic carbocycles. The number of nitrogen functional groups attached to an aromatic ring is 1. The zero-order valence-electron chi connectivity index (χ0n) is 11.2. The molecule has 110 valence electrons. The number of hydrogen-bond acceptors (Lipinski definition) is 7. The lowest BCUT2D eigenvalue weighted by Crippen LogP contribution is -2.35. The summed E-state index contributed by atoms with van der Waals surface area (Å²) in [6.07, 6.45) is -0.647. The summed E-state index contributed by atoms with van der Waals surface area (Å²) in [5, 5.41) is 9.38. The van der Waals surface area contributed by atoms with E-state index in [4.69, 9.17) is 19.9 Å². The summed E-state index contributed by atoms with van der Waals surface area (Å²) in [6, 6.07) is 1.51. The molecule has 0 radical (unpaired) electrons. The number of hydrogen-bond donors (Lipinski definition) is 2. The van der Waals surface area contributed by atoms with Gasteiger partial charge >= 0.3 is 5.69 Å². The third-order valence-corrected chi connectivity index (χ3v) is 3.43. The van der Waals surface area contributed by atoms with E-state index in [1.165, 1.54) is 16.8 Å². The Hall–Kier alpha value is -1.48. The van der Waals surface area contributed by atoms with Crippen molar-refractivity contribution in [3.8, 4) is 0 Å². The molecular formula is C12H17N3O5. The van der Waals surface area contributed by atoms with Gasteiger partial charge in [0.05, 0.1) is 6.61 Å². The molecule has 2 aliphatic rings. The van der Waals surface area contributed by atoms with Gasteiger partial charge in [0.25, 0.3) is 0 Å². The maximum absolute atomic E-state index is 11.9. The number of ether oxygens (including phenoxy) is 3. The average molecular weight is 283 g/mol. The SMILES string of the molecule is CC1(C)OC2[C@@H](CO)O[C@@H](n3ccc(N)nc3=O)[C@H]2O1. The van der Waals surface area contributed by atoms with E-state index in [9.17, 15) is 9.90 Å². The molecule has 2 saturated heterocycles. The van der Waals surface area contributed by atoms with E-state index in [1.807, 2.05) is 0 Å². The fraction of sp³-hybridized carbons (Fsp3) is 0.667. The Bertz CT molecular complexity index is 572. The van der Waals surface area contributed by atoms with E-state index in [0.29, 0.717) is 0 Å². The highest BCUT2D eigenvalue weighted by molar-refractivity contribution is 5.23. The van der Waals surface area contributed by atoms with Crippen molar-refractivity contribution in [3.05, 3.63) is 22.7 Å². The van der Waals surface area contributed by atoms with Gasteiger partial charge in [-0.15, -0.1) is 0 Å². The van der Waals surface area contributed by atoms with Crippen molar-refractivity contribution in [2.24, 2.45) is 0 Å². The van der Waals surface area contributed by atoms with Gasteiger partial charge in [0.15, 0.2) is 12.0 Å². The summed E-state index contributed by atoms with van der Waals surface area (Å²) < 4.78 is 18.5. The lowest BCUT2D eigenvalue weighted by Gasteiger charge is -2.24. The molecule has 0 bridgehead atoms. The van der Waals surface area contributed by atoms with Crippen LogP contribution in [-0.2, 0) is 14.2 Å². The molecule has 2 fully saturated rings. The van der Waals surface area contributed by atoms with Crippen molar-refractivity contribution in [2.45, 2.75) is 44.2 Å². The van der Waals surface area contributed by atoms with Gasteiger partial charge in [-0.3, -0.25) is 4.57 Å². The normalized spacial score (nSPS) is 35.1. The van der Waals surface area contributed by atoms with Gasteiger partial charge in [-0.1, -0.05) is 0 Å². The molecule has 0 aromatic carbocycles. The number of nitrogens with zero attached hydrogens (tertiary/aromatic N) is 2. The van der Waals surface area contributed by atoms with Gasteiger partial charge in [-0.05, 0) is 19.9 Å². The van der Waals surface area contributed by atoms with Crippen LogP contribution in [0.1, 0.15) is 20.1 Å².